The third kappa shape index (κ3) is 3.88. The predicted octanol–water partition coefficient (Wildman–Crippen LogP) is 4.65. The third-order valence-corrected chi connectivity index (χ3v) is 5.40. The number of benzene rings is 3. The van der Waals surface area contributed by atoms with Gasteiger partial charge in [-0.2, -0.15) is 4.98 Å². The van der Waals surface area contributed by atoms with Gasteiger partial charge in [0.25, 0.3) is 17.8 Å². The molecule has 0 bridgehead atoms. The van der Waals surface area contributed by atoms with E-state index in [-0.39, 0.29) is 17.9 Å². The van der Waals surface area contributed by atoms with Crippen LogP contribution in [0.4, 0.5) is 11.9 Å². The maximum absolute atomic E-state index is 12.7. The first kappa shape index (κ1) is 19.7. The van der Waals surface area contributed by atoms with Crippen LogP contribution in [0, 0.1) is 0 Å². The Morgan fingerprint density at radius 1 is 0.969 bits per heavy atom. The molecule has 0 saturated heterocycles. The number of nitrogens with zero attached hydrogens (tertiary/aromatic N) is 4. The summed E-state index contributed by atoms with van der Waals surface area (Å²) < 4.78 is 6.93. The average molecular weight is 423 g/mol. The van der Waals surface area contributed by atoms with Crippen LogP contribution in [0.1, 0.15) is 33.9 Å². The lowest BCUT2D eigenvalue weighted by atomic mass is 9.96. The van der Waals surface area contributed by atoms with Gasteiger partial charge >= 0.3 is 0 Å². The highest BCUT2D eigenvalue weighted by Gasteiger charge is 2.28. The lowest BCUT2D eigenvalue weighted by Crippen LogP contribution is -2.21. The number of carbonyl (C=O) groups excluding carboxylic acids is 1. The van der Waals surface area contributed by atoms with Crippen molar-refractivity contribution in [1.82, 2.24) is 14.8 Å². The van der Waals surface area contributed by atoms with E-state index in [1.54, 1.807) is 36.1 Å². The van der Waals surface area contributed by atoms with Gasteiger partial charge in [-0.1, -0.05) is 60.7 Å². The number of rotatable bonds is 5. The van der Waals surface area contributed by atoms with Crippen molar-refractivity contribution in [2.75, 3.05) is 12.4 Å². The molecule has 1 aliphatic heterocycles. The molecular weight excluding hydrogens is 402 g/mol. The molecule has 0 saturated carbocycles. The number of methoxy groups -OCH3 is 1. The van der Waals surface area contributed by atoms with Crippen molar-refractivity contribution in [3.8, 4) is 5.75 Å². The van der Waals surface area contributed by atoms with Crippen LogP contribution >= 0.6 is 0 Å². The smallest absolute Gasteiger partial charge is 0.258 e. The molecule has 3 aromatic carbocycles. The molecule has 4 aromatic rings. The minimum atomic E-state index is -0.292. The molecule has 2 heterocycles. The van der Waals surface area contributed by atoms with E-state index in [1.165, 1.54) is 0 Å². The Morgan fingerprint density at radius 2 is 1.66 bits per heavy atom. The van der Waals surface area contributed by atoms with Gasteiger partial charge in [-0.15, -0.1) is 5.10 Å². The fraction of sp³-hybridized carbons (Fsp3) is 0.120. The number of aliphatic imine (C=N–C) groups is 1. The van der Waals surface area contributed by atoms with Crippen LogP contribution in [0.25, 0.3) is 0 Å². The minimum absolute atomic E-state index is 0.0713. The maximum Gasteiger partial charge on any atom is 0.258 e. The van der Waals surface area contributed by atoms with E-state index >= 15 is 0 Å². The van der Waals surface area contributed by atoms with Crippen molar-refractivity contribution in [2.24, 2.45) is 4.99 Å². The van der Waals surface area contributed by atoms with Gasteiger partial charge < -0.3 is 4.74 Å². The monoisotopic (exact) mass is 423 g/mol. The zero-order chi connectivity index (χ0) is 21.9. The van der Waals surface area contributed by atoms with Crippen molar-refractivity contribution in [3.05, 3.63) is 102 Å². The van der Waals surface area contributed by atoms with Gasteiger partial charge in [0, 0.05) is 12.0 Å². The normalized spacial score (nSPS) is 14.9. The summed E-state index contributed by atoms with van der Waals surface area (Å²) in [5.41, 5.74) is 3.58. The second-order valence-electron chi connectivity index (χ2n) is 7.42. The molecular formula is C25H21N5O2. The van der Waals surface area contributed by atoms with Gasteiger partial charge in [0.2, 0.25) is 0 Å². The number of nitrogens with one attached hydrogen (secondary N) is 1. The lowest BCUT2D eigenvalue weighted by Gasteiger charge is -2.23. The van der Waals surface area contributed by atoms with Crippen LogP contribution in [-0.2, 0) is 0 Å². The molecule has 1 unspecified atom stereocenters. The summed E-state index contributed by atoms with van der Waals surface area (Å²) >= 11 is 0. The Hall–Kier alpha value is -4.26. The largest absolute Gasteiger partial charge is 0.497 e. The summed E-state index contributed by atoms with van der Waals surface area (Å²) in [6.45, 7) is 0. The molecule has 32 heavy (non-hydrogen) atoms. The first-order chi connectivity index (χ1) is 15.7. The van der Waals surface area contributed by atoms with Crippen LogP contribution in [0.2, 0.25) is 0 Å². The van der Waals surface area contributed by atoms with Crippen molar-refractivity contribution in [1.29, 1.82) is 0 Å². The van der Waals surface area contributed by atoms with Crippen molar-refractivity contribution < 1.29 is 9.53 Å². The highest BCUT2D eigenvalue weighted by molar-refractivity contribution is 6.04. The van der Waals surface area contributed by atoms with E-state index in [9.17, 15) is 4.79 Å². The molecule has 1 N–H and O–H groups in total. The van der Waals surface area contributed by atoms with Crippen LogP contribution in [0.5, 0.6) is 5.75 Å². The summed E-state index contributed by atoms with van der Waals surface area (Å²) in [5.74, 6) is 1.08. The van der Waals surface area contributed by atoms with Gasteiger partial charge in [0.1, 0.15) is 5.75 Å². The molecule has 1 aromatic heterocycles. The van der Waals surface area contributed by atoms with E-state index in [2.05, 4.69) is 27.5 Å². The summed E-state index contributed by atoms with van der Waals surface area (Å²) in [5, 5.41) is 7.37. The Balaban J connectivity index is 1.48. The number of ether oxygens (including phenoxy) is 1. The molecule has 1 amide bonds. The Kier molecular flexibility index (Phi) is 5.21. The molecule has 0 radical (unpaired) electrons. The molecule has 7 heteroatoms. The Bertz CT molecular complexity index is 1260. The van der Waals surface area contributed by atoms with Gasteiger partial charge in [-0.3, -0.25) is 10.1 Å². The number of hydrogen-bond donors (Lipinski definition) is 1. The number of aromatic nitrogens is 3. The summed E-state index contributed by atoms with van der Waals surface area (Å²) in [4.78, 5) is 21.9. The van der Waals surface area contributed by atoms with Crippen molar-refractivity contribution >= 4 is 23.5 Å². The topological polar surface area (TPSA) is 81.4 Å². The van der Waals surface area contributed by atoms with Crippen molar-refractivity contribution in [3.63, 3.8) is 0 Å². The van der Waals surface area contributed by atoms with Gasteiger partial charge in [-0.25, -0.2) is 9.67 Å². The molecule has 0 fully saturated rings. The quantitative estimate of drug-likeness (QED) is 0.506. The molecule has 0 spiro atoms. The number of hydrogen-bond acceptors (Lipinski definition) is 5. The molecule has 0 aliphatic carbocycles. The average Bonchev–Trinajstić information content (AvgIpc) is 3.26. The highest BCUT2D eigenvalue weighted by atomic mass is 16.5. The molecule has 5 rings (SSSR count). The maximum atomic E-state index is 12.7. The van der Waals surface area contributed by atoms with Crippen LogP contribution in [0.15, 0.2) is 89.9 Å². The van der Waals surface area contributed by atoms with Crippen molar-refractivity contribution in [2.45, 2.75) is 12.5 Å². The fourth-order valence-electron chi connectivity index (χ4n) is 3.75. The molecule has 7 nitrogen and oxygen atoms in total. The van der Waals surface area contributed by atoms with Crippen LogP contribution < -0.4 is 10.1 Å². The van der Waals surface area contributed by atoms with E-state index in [0.717, 1.165) is 16.8 Å². The van der Waals surface area contributed by atoms with E-state index < -0.39 is 0 Å². The molecule has 1 atom stereocenters. The van der Waals surface area contributed by atoms with E-state index in [4.69, 9.17) is 9.73 Å². The third-order valence-electron chi connectivity index (χ3n) is 5.40. The molecule has 1 aliphatic rings. The zero-order valence-corrected chi connectivity index (χ0v) is 17.5. The Labute approximate surface area is 185 Å². The van der Waals surface area contributed by atoms with E-state index in [0.29, 0.717) is 23.7 Å². The zero-order valence-electron chi connectivity index (χ0n) is 17.5. The first-order valence-electron chi connectivity index (χ1n) is 10.3. The van der Waals surface area contributed by atoms with Gasteiger partial charge in [0.15, 0.2) is 0 Å². The predicted molar refractivity (Wildman–Crippen MR) is 123 cm³/mol. The number of anilines is 1. The van der Waals surface area contributed by atoms with Gasteiger partial charge in [-0.05, 0) is 35.4 Å². The summed E-state index contributed by atoms with van der Waals surface area (Å²) in [6, 6.07) is 27.0. The standard InChI is InChI=1S/C25H21N5O2/c1-32-20-14-12-19(13-15-20)23(31)27-24-28-25-26-21(17-8-4-2-5-9-17)16-22(30(25)29-24)18-10-6-3-7-11-18/h2-15,22H,16H2,1H3,(H,27,29,31). The Morgan fingerprint density at radius 3 is 2.34 bits per heavy atom. The first-order valence-corrected chi connectivity index (χ1v) is 10.3. The lowest BCUT2D eigenvalue weighted by molar-refractivity contribution is 0.102. The SMILES string of the molecule is COc1ccc(C(=O)Nc2nc3n(n2)C(c2ccccc2)CC(c2ccccc2)=N3)cc1. The highest BCUT2D eigenvalue weighted by Crippen LogP contribution is 2.33. The molecule has 158 valence electrons. The summed E-state index contributed by atoms with van der Waals surface area (Å²) in [6.07, 6.45) is 0.677. The van der Waals surface area contributed by atoms with Crippen LogP contribution in [0.3, 0.4) is 0 Å². The second kappa shape index (κ2) is 8.47. The second-order valence-corrected chi connectivity index (χ2v) is 7.42. The summed E-state index contributed by atoms with van der Waals surface area (Å²) in [7, 11) is 1.59. The number of carbonyl (C=O) groups is 1. The number of fused-ring (bicyclic) bond motifs is 1. The van der Waals surface area contributed by atoms with Gasteiger partial charge in [0.05, 0.1) is 18.9 Å². The fourth-order valence-corrected chi connectivity index (χ4v) is 3.75. The number of amides is 1. The minimum Gasteiger partial charge on any atom is -0.497 e. The van der Waals surface area contributed by atoms with E-state index in [1.807, 2.05) is 48.5 Å². The van der Waals surface area contributed by atoms with Crippen LogP contribution in [-0.4, -0.2) is 33.5 Å².